The van der Waals surface area contributed by atoms with Gasteiger partial charge in [0.2, 0.25) is 0 Å². The van der Waals surface area contributed by atoms with E-state index in [2.05, 4.69) is 24.1 Å². The molecule has 0 bridgehead atoms. The third-order valence-electron chi connectivity index (χ3n) is 3.96. The second kappa shape index (κ2) is 5.21. The van der Waals surface area contributed by atoms with Crippen LogP contribution < -0.4 is 10.2 Å². The minimum absolute atomic E-state index is 0.266. The van der Waals surface area contributed by atoms with E-state index < -0.39 is 11.7 Å². The Morgan fingerprint density at radius 2 is 2.05 bits per heavy atom. The van der Waals surface area contributed by atoms with Crippen molar-refractivity contribution in [1.29, 1.82) is 0 Å². The minimum Gasteiger partial charge on any atom is -0.369 e. The van der Waals surface area contributed by atoms with Crippen molar-refractivity contribution in [3.8, 4) is 0 Å². The van der Waals surface area contributed by atoms with Crippen LogP contribution in [-0.4, -0.2) is 35.3 Å². The van der Waals surface area contributed by atoms with Crippen molar-refractivity contribution in [2.24, 2.45) is 0 Å². The summed E-state index contributed by atoms with van der Waals surface area (Å²) in [6.07, 6.45) is 1.07. The number of nitrogens with zero attached hydrogens (tertiary/aromatic N) is 1. The van der Waals surface area contributed by atoms with Crippen molar-refractivity contribution in [1.82, 2.24) is 0 Å². The number of amides is 1. The van der Waals surface area contributed by atoms with Crippen LogP contribution in [0.15, 0.2) is 12.1 Å². The van der Waals surface area contributed by atoms with Gasteiger partial charge in [0.15, 0.2) is 0 Å². The van der Waals surface area contributed by atoms with Gasteiger partial charge in [-0.2, -0.15) is 11.8 Å². The highest BCUT2D eigenvalue weighted by atomic mass is 35.5. The molecule has 6 heteroatoms. The Bertz CT molecular complexity index is 630. The van der Waals surface area contributed by atoms with E-state index in [1.807, 2.05) is 17.8 Å². The SMILES string of the molecule is CC1(C)CCN(c2cc3c(cc2Cl)C(=O)C(=O)N3)CCS1. The molecule has 4 nitrogen and oxygen atoms in total. The van der Waals surface area contributed by atoms with E-state index in [4.69, 9.17) is 11.6 Å². The van der Waals surface area contributed by atoms with Crippen LogP contribution in [0.3, 0.4) is 0 Å². The molecule has 21 heavy (non-hydrogen) atoms. The van der Waals surface area contributed by atoms with Gasteiger partial charge in [-0.3, -0.25) is 9.59 Å². The Labute approximate surface area is 133 Å². The summed E-state index contributed by atoms with van der Waals surface area (Å²) in [7, 11) is 0. The Morgan fingerprint density at radius 1 is 1.29 bits per heavy atom. The fourth-order valence-electron chi connectivity index (χ4n) is 2.66. The van der Waals surface area contributed by atoms with Crippen LogP contribution in [0.4, 0.5) is 11.4 Å². The number of thioether (sulfide) groups is 1. The fraction of sp³-hybridized carbons (Fsp3) is 0.467. The van der Waals surface area contributed by atoms with Gasteiger partial charge < -0.3 is 10.2 Å². The summed E-state index contributed by atoms with van der Waals surface area (Å²) in [5.74, 6) is -0.0529. The van der Waals surface area contributed by atoms with E-state index in [9.17, 15) is 9.59 Å². The van der Waals surface area contributed by atoms with Crippen LogP contribution in [0.25, 0.3) is 0 Å². The standard InChI is InChI=1S/C15H17ClN2O2S/c1-15(2)3-4-18(5-6-21-15)12-8-11-9(7-10(12)16)13(19)14(20)17-11/h7-8H,3-6H2,1-2H3,(H,17,19,20). The predicted octanol–water partition coefficient (Wildman–Crippen LogP) is 3.20. The highest BCUT2D eigenvalue weighted by molar-refractivity contribution is 8.00. The van der Waals surface area contributed by atoms with Gasteiger partial charge in [-0.25, -0.2) is 0 Å². The molecule has 112 valence electrons. The van der Waals surface area contributed by atoms with Gasteiger partial charge in [0, 0.05) is 23.6 Å². The van der Waals surface area contributed by atoms with Crippen LogP contribution in [0.2, 0.25) is 5.02 Å². The molecule has 1 aromatic rings. The topological polar surface area (TPSA) is 49.4 Å². The maximum absolute atomic E-state index is 11.7. The molecule has 2 heterocycles. The number of hydrogen-bond acceptors (Lipinski definition) is 4. The van der Waals surface area contributed by atoms with Crippen molar-refractivity contribution in [2.45, 2.75) is 25.0 Å². The molecule has 0 atom stereocenters. The number of Topliss-reactive ketones (excluding diaryl/α,β-unsaturated/α-hetero) is 1. The van der Waals surface area contributed by atoms with E-state index >= 15 is 0 Å². The molecule has 0 saturated carbocycles. The van der Waals surface area contributed by atoms with E-state index in [-0.39, 0.29) is 4.75 Å². The normalized spacial score (nSPS) is 21.0. The predicted molar refractivity (Wildman–Crippen MR) is 87.8 cm³/mol. The van der Waals surface area contributed by atoms with Gasteiger partial charge in [-0.05, 0) is 18.6 Å². The molecule has 0 spiro atoms. The first-order valence-corrected chi connectivity index (χ1v) is 8.32. The van der Waals surface area contributed by atoms with Gasteiger partial charge in [0.25, 0.3) is 11.7 Å². The molecule has 1 N–H and O–H groups in total. The smallest absolute Gasteiger partial charge is 0.296 e. The summed E-state index contributed by atoms with van der Waals surface area (Å²) >= 11 is 8.30. The van der Waals surface area contributed by atoms with Gasteiger partial charge in [-0.15, -0.1) is 0 Å². The Balaban J connectivity index is 1.92. The number of rotatable bonds is 1. The molecule has 1 saturated heterocycles. The van der Waals surface area contributed by atoms with E-state index in [1.54, 1.807) is 6.07 Å². The molecule has 1 aromatic carbocycles. The third-order valence-corrected chi connectivity index (χ3v) is 5.64. The van der Waals surface area contributed by atoms with Crippen LogP contribution in [0.5, 0.6) is 0 Å². The Morgan fingerprint density at radius 3 is 2.81 bits per heavy atom. The monoisotopic (exact) mass is 324 g/mol. The number of carbonyl (C=O) groups is 2. The quantitative estimate of drug-likeness (QED) is 0.806. The lowest BCUT2D eigenvalue weighted by Gasteiger charge is -2.25. The minimum atomic E-state index is -0.578. The lowest BCUT2D eigenvalue weighted by molar-refractivity contribution is -0.112. The van der Waals surface area contributed by atoms with Gasteiger partial charge in [0.1, 0.15) is 0 Å². The molecule has 2 aliphatic heterocycles. The number of fused-ring (bicyclic) bond motifs is 1. The van der Waals surface area contributed by atoms with Gasteiger partial charge in [0.05, 0.1) is 22.0 Å². The fourth-order valence-corrected chi connectivity index (χ4v) is 4.04. The van der Waals surface area contributed by atoms with Crippen molar-refractivity contribution in [3.05, 3.63) is 22.7 Å². The summed E-state index contributed by atoms with van der Waals surface area (Å²) in [6, 6.07) is 3.43. The molecule has 0 unspecified atom stereocenters. The largest absolute Gasteiger partial charge is 0.369 e. The zero-order valence-corrected chi connectivity index (χ0v) is 13.6. The Hall–Kier alpha value is -1.20. The number of carbonyl (C=O) groups excluding carboxylic acids is 2. The lowest BCUT2D eigenvalue weighted by Crippen LogP contribution is -2.27. The molecule has 0 aliphatic carbocycles. The van der Waals surface area contributed by atoms with Crippen LogP contribution in [-0.2, 0) is 4.79 Å². The highest BCUT2D eigenvalue weighted by Crippen LogP contribution is 2.38. The van der Waals surface area contributed by atoms with Crippen molar-refractivity contribution in [3.63, 3.8) is 0 Å². The highest BCUT2D eigenvalue weighted by Gasteiger charge is 2.31. The molecule has 1 fully saturated rings. The molecular weight excluding hydrogens is 308 g/mol. The van der Waals surface area contributed by atoms with E-state index in [0.29, 0.717) is 16.3 Å². The number of nitrogens with one attached hydrogen (secondary N) is 1. The van der Waals surface area contributed by atoms with Gasteiger partial charge >= 0.3 is 0 Å². The van der Waals surface area contributed by atoms with Gasteiger partial charge in [-0.1, -0.05) is 25.4 Å². The first-order valence-electron chi connectivity index (χ1n) is 6.95. The van der Waals surface area contributed by atoms with Crippen molar-refractivity contribution < 1.29 is 9.59 Å². The zero-order valence-electron chi connectivity index (χ0n) is 12.0. The number of halogens is 1. The lowest BCUT2D eigenvalue weighted by atomic mass is 10.1. The molecular formula is C15H17ClN2O2S. The average Bonchev–Trinajstić information content (AvgIpc) is 2.59. The number of benzene rings is 1. The third kappa shape index (κ3) is 2.77. The van der Waals surface area contributed by atoms with Crippen LogP contribution in [0.1, 0.15) is 30.6 Å². The molecule has 2 aliphatic rings. The molecule has 3 rings (SSSR count). The first-order chi connectivity index (χ1) is 9.87. The summed E-state index contributed by atoms with van der Waals surface area (Å²) in [4.78, 5) is 25.4. The Kier molecular flexibility index (Phi) is 3.66. The number of ketones is 1. The summed E-state index contributed by atoms with van der Waals surface area (Å²) in [5, 5.41) is 3.14. The van der Waals surface area contributed by atoms with E-state index in [1.165, 1.54) is 0 Å². The maximum atomic E-state index is 11.7. The van der Waals surface area contributed by atoms with Crippen molar-refractivity contribution >= 4 is 46.4 Å². The summed E-state index contributed by atoms with van der Waals surface area (Å²) in [6.45, 7) is 6.34. The van der Waals surface area contributed by atoms with E-state index in [0.717, 1.165) is 31.0 Å². The second-order valence-corrected chi connectivity index (χ2v) is 8.19. The average molecular weight is 325 g/mol. The molecule has 1 amide bonds. The van der Waals surface area contributed by atoms with Crippen LogP contribution in [0, 0.1) is 0 Å². The summed E-state index contributed by atoms with van der Waals surface area (Å²) in [5.41, 5.74) is 1.84. The molecule has 0 aromatic heterocycles. The van der Waals surface area contributed by atoms with Crippen LogP contribution >= 0.6 is 23.4 Å². The maximum Gasteiger partial charge on any atom is 0.296 e. The second-order valence-electron chi connectivity index (χ2n) is 5.98. The molecule has 0 radical (unpaired) electrons. The van der Waals surface area contributed by atoms with Crippen molar-refractivity contribution in [2.75, 3.05) is 29.1 Å². The number of hydrogen-bond donors (Lipinski definition) is 1. The summed E-state index contributed by atoms with van der Waals surface area (Å²) < 4.78 is 0.266. The first kappa shape index (κ1) is 14.7. The zero-order chi connectivity index (χ0) is 15.2. The number of anilines is 2.